The minimum absolute atomic E-state index is 0.776. The number of hydrogen-bond donors (Lipinski definition) is 2. The maximum atomic E-state index is 4.24. The third kappa shape index (κ3) is 2.82. The van der Waals surface area contributed by atoms with Gasteiger partial charge in [-0.05, 0) is 25.5 Å². The van der Waals surface area contributed by atoms with Gasteiger partial charge in [0.1, 0.15) is 0 Å². The minimum atomic E-state index is 0.776. The quantitative estimate of drug-likeness (QED) is 0.746. The fraction of sp³-hybridized carbons (Fsp3) is 0.167. The molecule has 0 amide bonds. The summed E-state index contributed by atoms with van der Waals surface area (Å²) in [6, 6.07) is 18.8. The second-order valence-corrected chi connectivity index (χ2v) is 5.18. The molecule has 1 aromatic heterocycles. The molecule has 0 saturated carbocycles. The molecule has 0 aliphatic rings. The van der Waals surface area contributed by atoms with Gasteiger partial charge in [-0.2, -0.15) is 5.10 Å². The van der Waals surface area contributed by atoms with Crippen LogP contribution in [0.4, 0.5) is 5.69 Å². The van der Waals surface area contributed by atoms with Crippen molar-refractivity contribution in [1.82, 2.24) is 10.2 Å². The first kappa shape index (κ1) is 13.4. The summed E-state index contributed by atoms with van der Waals surface area (Å²) in [7, 11) is 0. The van der Waals surface area contributed by atoms with Crippen LogP contribution < -0.4 is 5.32 Å². The standard InChI is InChI=1S/C18H19N3/c1-13-17(14(2)21-20-13)12-19-18-11-7-6-10-16(18)15-8-4-3-5-9-15/h3-11,19H,12H2,1-2H3,(H,20,21). The zero-order valence-electron chi connectivity index (χ0n) is 12.4. The number of aromatic nitrogens is 2. The van der Waals surface area contributed by atoms with Crippen LogP contribution in [0.1, 0.15) is 17.0 Å². The minimum Gasteiger partial charge on any atom is -0.380 e. The van der Waals surface area contributed by atoms with Crippen LogP contribution in [0.2, 0.25) is 0 Å². The number of benzene rings is 2. The van der Waals surface area contributed by atoms with E-state index in [9.17, 15) is 0 Å². The zero-order chi connectivity index (χ0) is 14.7. The molecule has 0 aliphatic heterocycles. The number of aryl methyl sites for hydroxylation is 2. The van der Waals surface area contributed by atoms with Crippen molar-refractivity contribution in [2.24, 2.45) is 0 Å². The molecule has 0 unspecified atom stereocenters. The normalized spacial score (nSPS) is 10.6. The molecule has 0 saturated heterocycles. The van der Waals surface area contributed by atoms with E-state index >= 15 is 0 Å². The van der Waals surface area contributed by atoms with Gasteiger partial charge in [-0.25, -0.2) is 0 Å². The van der Waals surface area contributed by atoms with Crippen molar-refractivity contribution in [3.8, 4) is 11.1 Å². The number of nitrogens with zero attached hydrogens (tertiary/aromatic N) is 1. The Balaban J connectivity index is 1.87. The van der Waals surface area contributed by atoms with E-state index in [0.29, 0.717) is 0 Å². The zero-order valence-corrected chi connectivity index (χ0v) is 12.4. The Kier molecular flexibility index (Phi) is 3.73. The lowest BCUT2D eigenvalue weighted by Crippen LogP contribution is -2.02. The molecular weight excluding hydrogens is 258 g/mol. The Morgan fingerprint density at radius 2 is 1.67 bits per heavy atom. The highest BCUT2D eigenvalue weighted by atomic mass is 15.1. The third-order valence-corrected chi connectivity index (χ3v) is 3.75. The summed E-state index contributed by atoms with van der Waals surface area (Å²) in [6.07, 6.45) is 0. The molecule has 106 valence electrons. The molecule has 1 heterocycles. The van der Waals surface area contributed by atoms with E-state index in [-0.39, 0.29) is 0 Å². The van der Waals surface area contributed by atoms with E-state index in [1.807, 2.05) is 13.0 Å². The molecule has 0 fully saturated rings. The van der Waals surface area contributed by atoms with Gasteiger partial charge in [0.05, 0.1) is 5.69 Å². The lowest BCUT2D eigenvalue weighted by Gasteiger charge is -2.12. The van der Waals surface area contributed by atoms with Gasteiger partial charge in [0, 0.05) is 29.1 Å². The summed E-state index contributed by atoms with van der Waals surface area (Å²) in [5, 5.41) is 10.8. The van der Waals surface area contributed by atoms with Gasteiger partial charge in [0.25, 0.3) is 0 Å². The van der Waals surface area contributed by atoms with Gasteiger partial charge in [-0.3, -0.25) is 5.10 Å². The number of anilines is 1. The maximum Gasteiger partial charge on any atom is 0.0643 e. The summed E-state index contributed by atoms with van der Waals surface area (Å²) in [6.45, 7) is 4.86. The van der Waals surface area contributed by atoms with Crippen molar-refractivity contribution >= 4 is 5.69 Å². The Morgan fingerprint density at radius 1 is 0.952 bits per heavy atom. The van der Waals surface area contributed by atoms with E-state index < -0.39 is 0 Å². The molecule has 0 radical (unpaired) electrons. The van der Waals surface area contributed by atoms with E-state index in [2.05, 4.69) is 71.0 Å². The molecule has 3 nitrogen and oxygen atoms in total. The molecule has 0 spiro atoms. The second kappa shape index (κ2) is 5.83. The SMILES string of the molecule is Cc1n[nH]c(C)c1CNc1ccccc1-c1ccccc1. The predicted molar refractivity (Wildman–Crippen MR) is 87.3 cm³/mol. The molecule has 0 aliphatic carbocycles. The molecular formula is C18H19N3. The molecule has 3 rings (SSSR count). The number of hydrogen-bond acceptors (Lipinski definition) is 2. The molecule has 0 bridgehead atoms. The average molecular weight is 277 g/mol. The Labute approximate surface area is 125 Å². The molecule has 21 heavy (non-hydrogen) atoms. The number of aromatic amines is 1. The topological polar surface area (TPSA) is 40.7 Å². The van der Waals surface area contributed by atoms with Crippen LogP contribution in [0.3, 0.4) is 0 Å². The van der Waals surface area contributed by atoms with Crippen LogP contribution in [0.5, 0.6) is 0 Å². The van der Waals surface area contributed by atoms with E-state index in [1.54, 1.807) is 0 Å². The smallest absolute Gasteiger partial charge is 0.0643 e. The lowest BCUT2D eigenvalue weighted by molar-refractivity contribution is 1.02. The second-order valence-electron chi connectivity index (χ2n) is 5.18. The largest absolute Gasteiger partial charge is 0.380 e. The summed E-state index contributed by atoms with van der Waals surface area (Å²) in [5.74, 6) is 0. The van der Waals surface area contributed by atoms with E-state index in [1.165, 1.54) is 16.7 Å². The Hall–Kier alpha value is -2.55. The monoisotopic (exact) mass is 277 g/mol. The molecule has 0 atom stereocenters. The number of nitrogens with one attached hydrogen (secondary N) is 2. The highest BCUT2D eigenvalue weighted by molar-refractivity contribution is 5.77. The summed E-state index contributed by atoms with van der Waals surface area (Å²) >= 11 is 0. The lowest BCUT2D eigenvalue weighted by atomic mass is 10.0. The molecule has 2 aromatic carbocycles. The van der Waals surface area contributed by atoms with Gasteiger partial charge < -0.3 is 5.32 Å². The van der Waals surface area contributed by atoms with Crippen molar-refractivity contribution in [3.63, 3.8) is 0 Å². The molecule has 3 heteroatoms. The van der Waals surface area contributed by atoms with E-state index in [0.717, 1.165) is 23.6 Å². The van der Waals surface area contributed by atoms with Gasteiger partial charge in [-0.1, -0.05) is 48.5 Å². The first-order valence-corrected chi connectivity index (χ1v) is 7.14. The summed E-state index contributed by atoms with van der Waals surface area (Å²) in [4.78, 5) is 0. The highest BCUT2D eigenvalue weighted by Crippen LogP contribution is 2.28. The van der Waals surface area contributed by atoms with Crippen molar-refractivity contribution in [3.05, 3.63) is 71.5 Å². The first-order valence-electron chi connectivity index (χ1n) is 7.14. The maximum absolute atomic E-state index is 4.24. The molecule has 2 N–H and O–H groups in total. The van der Waals surface area contributed by atoms with Crippen LogP contribution >= 0.6 is 0 Å². The van der Waals surface area contributed by atoms with Crippen molar-refractivity contribution < 1.29 is 0 Å². The predicted octanol–water partition coefficient (Wildman–Crippen LogP) is 4.31. The fourth-order valence-corrected chi connectivity index (χ4v) is 2.52. The fourth-order valence-electron chi connectivity index (χ4n) is 2.52. The van der Waals surface area contributed by atoms with Gasteiger partial charge in [-0.15, -0.1) is 0 Å². The van der Waals surface area contributed by atoms with Gasteiger partial charge >= 0.3 is 0 Å². The number of rotatable bonds is 4. The molecule has 3 aromatic rings. The van der Waals surface area contributed by atoms with Crippen LogP contribution in [-0.2, 0) is 6.54 Å². The van der Waals surface area contributed by atoms with Crippen molar-refractivity contribution in [2.75, 3.05) is 5.32 Å². The van der Waals surface area contributed by atoms with Crippen molar-refractivity contribution in [2.45, 2.75) is 20.4 Å². The van der Waals surface area contributed by atoms with Crippen LogP contribution in [0.25, 0.3) is 11.1 Å². The summed E-state index contributed by atoms with van der Waals surface area (Å²) in [5.41, 5.74) is 6.99. The van der Waals surface area contributed by atoms with Crippen molar-refractivity contribution in [1.29, 1.82) is 0 Å². The van der Waals surface area contributed by atoms with Gasteiger partial charge in [0.2, 0.25) is 0 Å². The number of H-pyrrole nitrogens is 1. The van der Waals surface area contributed by atoms with Crippen LogP contribution in [0, 0.1) is 13.8 Å². The summed E-state index contributed by atoms with van der Waals surface area (Å²) < 4.78 is 0. The first-order chi connectivity index (χ1) is 10.3. The van der Waals surface area contributed by atoms with E-state index in [4.69, 9.17) is 0 Å². The number of para-hydroxylation sites is 1. The highest BCUT2D eigenvalue weighted by Gasteiger charge is 2.08. The Bertz CT molecular complexity index is 710. The van der Waals surface area contributed by atoms with Crippen LogP contribution in [-0.4, -0.2) is 10.2 Å². The Morgan fingerprint density at radius 3 is 2.38 bits per heavy atom. The van der Waals surface area contributed by atoms with Crippen LogP contribution in [0.15, 0.2) is 54.6 Å². The average Bonchev–Trinajstić information content (AvgIpc) is 2.85. The van der Waals surface area contributed by atoms with Gasteiger partial charge in [0.15, 0.2) is 0 Å². The third-order valence-electron chi connectivity index (χ3n) is 3.75.